The minimum Gasteiger partial charge on any atom is -0.390 e. The molecule has 0 saturated heterocycles. The molecule has 1 unspecified atom stereocenters. The molecule has 0 aliphatic heterocycles. The Hall–Kier alpha value is -3.70. The van der Waals surface area contributed by atoms with Gasteiger partial charge in [0.1, 0.15) is 17.3 Å². The number of pyridine rings is 1. The average Bonchev–Trinajstić information content (AvgIpc) is 3.41. The highest BCUT2D eigenvalue weighted by Crippen LogP contribution is 2.53. The molecule has 4 aromatic rings. The zero-order valence-electron chi connectivity index (χ0n) is 25.2. The van der Waals surface area contributed by atoms with Crippen molar-refractivity contribution in [3.05, 3.63) is 112 Å². The largest absolute Gasteiger partial charge is 0.390 e. The molecule has 3 atom stereocenters. The Morgan fingerprint density at radius 1 is 1.07 bits per heavy atom. The first kappa shape index (κ1) is 30.9. The van der Waals surface area contributed by atoms with Crippen molar-refractivity contribution in [3.63, 3.8) is 0 Å². The van der Waals surface area contributed by atoms with Crippen molar-refractivity contribution in [2.75, 3.05) is 0 Å². The molecule has 2 aromatic heterocycles. The van der Waals surface area contributed by atoms with Crippen molar-refractivity contribution in [1.29, 1.82) is 0 Å². The van der Waals surface area contributed by atoms with Gasteiger partial charge in [0.15, 0.2) is 5.78 Å². The van der Waals surface area contributed by atoms with Gasteiger partial charge in [-0.2, -0.15) is 5.10 Å². The van der Waals surface area contributed by atoms with Crippen molar-refractivity contribution in [3.8, 4) is 5.69 Å². The summed E-state index contributed by atoms with van der Waals surface area (Å²) in [6.45, 7) is 1.75. The number of rotatable bonds is 7. The van der Waals surface area contributed by atoms with Gasteiger partial charge >= 0.3 is 0 Å². The van der Waals surface area contributed by atoms with E-state index in [0.29, 0.717) is 54.1 Å². The maximum absolute atomic E-state index is 14.7. The Morgan fingerprint density at radius 3 is 2.39 bits per heavy atom. The SMILES string of the molecule is C=S(=O)(c1ccc(F)cc1)N(C1CC(C)(O)C1)[C@H]1CCC2=Cc3c(cnn3-c3ccc(F)cc3)C[C@]2(C(=O)c2cc(Cl)ccn2)C1. The van der Waals surface area contributed by atoms with E-state index in [1.54, 1.807) is 42.1 Å². The van der Waals surface area contributed by atoms with Gasteiger partial charge < -0.3 is 5.11 Å². The summed E-state index contributed by atoms with van der Waals surface area (Å²) in [4.78, 5) is 19.5. The van der Waals surface area contributed by atoms with E-state index in [9.17, 15) is 22.9 Å². The van der Waals surface area contributed by atoms with Crippen molar-refractivity contribution in [2.45, 2.75) is 68.0 Å². The third kappa shape index (κ3) is 5.31. The third-order valence-electron chi connectivity index (χ3n) is 9.69. The molecular formula is C35H33ClF2N4O3S. The number of hydrogen-bond acceptors (Lipinski definition) is 5. The lowest BCUT2D eigenvalue weighted by molar-refractivity contribution is -0.0679. The van der Waals surface area contributed by atoms with E-state index in [0.717, 1.165) is 16.8 Å². The van der Waals surface area contributed by atoms with Crippen molar-refractivity contribution >= 4 is 39.0 Å². The van der Waals surface area contributed by atoms with Gasteiger partial charge in [0.2, 0.25) is 0 Å². The van der Waals surface area contributed by atoms with Crippen molar-refractivity contribution in [2.24, 2.45) is 5.41 Å². The lowest BCUT2D eigenvalue weighted by Crippen LogP contribution is -2.60. The molecule has 1 N–H and O–H groups in total. The number of fused-ring (bicyclic) bond motifs is 2. The van der Waals surface area contributed by atoms with Crippen LogP contribution < -0.4 is 0 Å². The normalized spacial score (nSPS) is 26.8. The van der Waals surface area contributed by atoms with Crippen LogP contribution in [0.4, 0.5) is 8.78 Å². The van der Waals surface area contributed by atoms with Crippen LogP contribution in [0.2, 0.25) is 5.02 Å². The Morgan fingerprint density at radius 2 is 1.74 bits per heavy atom. The summed E-state index contributed by atoms with van der Waals surface area (Å²) >= 11 is 6.32. The molecule has 2 heterocycles. The number of hydrogen-bond donors (Lipinski definition) is 1. The van der Waals surface area contributed by atoms with Crippen LogP contribution in [0, 0.1) is 17.0 Å². The summed E-state index contributed by atoms with van der Waals surface area (Å²) in [6.07, 6.45) is 7.78. The summed E-state index contributed by atoms with van der Waals surface area (Å²) in [5.74, 6) is 3.22. The molecule has 3 aliphatic rings. The number of benzene rings is 2. The molecular weight excluding hydrogens is 630 g/mol. The van der Waals surface area contributed by atoms with E-state index in [-0.39, 0.29) is 29.4 Å². The maximum Gasteiger partial charge on any atom is 0.191 e. The van der Waals surface area contributed by atoms with Crippen LogP contribution in [0.1, 0.15) is 60.8 Å². The lowest BCUT2D eigenvalue weighted by Gasteiger charge is -2.53. The van der Waals surface area contributed by atoms with E-state index in [1.165, 1.54) is 42.6 Å². The molecule has 0 amide bonds. The first-order valence-corrected chi connectivity index (χ1v) is 17.3. The number of carbonyl (C=O) groups is 1. The number of allylic oxidation sites excluding steroid dienone is 1. The fraction of sp³-hybridized carbons (Fsp3) is 0.314. The second kappa shape index (κ2) is 11.2. The minimum absolute atomic E-state index is 0.191. The fourth-order valence-corrected chi connectivity index (χ4v) is 9.80. The number of nitrogens with zero attached hydrogens (tertiary/aromatic N) is 4. The van der Waals surface area contributed by atoms with E-state index in [4.69, 9.17) is 11.6 Å². The molecule has 0 spiro atoms. The number of halogens is 3. The monoisotopic (exact) mass is 662 g/mol. The van der Waals surface area contributed by atoms with Gasteiger partial charge in [-0.05, 0) is 124 Å². The molecule has 46 heavy (non-hydrogen) atoms. The molecule has 0 bridgehead atoms. The molecule has 238 valence electrons. The zero-order chi connectivity index (χ0) is 32.4. The second-order valence-electron chi connectivity index (χ2n) is 13.0. The Balaban J connectivity index is 1.33. The van der Waals surface area contributed by atoms with Gasteiger partial charge in [0.05, 0.1) is 38.3 Å². The summed E-state index contributed by atoms with van der Waals surface area (Å²) in [5.41, 5.74) is 1.55. The van der Waals surface area contributed by atoms with Gasteiger partial charge in [-0.15, -0.1) is 0 Å². The van der Waals surface area contributed by atoms with Crippen LogP contribution in [-0.4, -0.2) is 57.7 Å². The average molecular weight is 663 g/mol. The molecule has 7 rings (SSSR count). The predicted molar refractivity (Wildman–Crippen MR) is 174 cm³/mol. The summed E-state index contributed by atoms with van der Waals surface area (Å²) in [6, 6.07) is 14.2. The quantitative estimate of drug-likeness (QED) is 0.181. The molecule has 0 radical (unpaired) electrons. The molecule has 7 nitrogen and oxygen atoms in total. The summed E-state index contributed by atoms with van der Waals surface area (Å²) in [5, 5.41) is 15.7. The first-order valence-electron chi connectivity index (χ1n) is 15.2. The Labute approximate surface area is 271 Å². The number of Topliss-reactive ketones (excluding diaryl/α,β-unsaturated/α-hetero) is 1. The van der Waals surface area contributed by atoms with Crippen molar-refractivity contribution < 1.29 is 22.9 Å². The topological polar surface area (TPSA) is 88.3 Å². The highest BCUT2D eigenvalue weighted by Gasteiger charge is 2.54. The van der Waals surface area contributed by atoms with Crippen LogP contribution >= 0.6 is 11.6 Å². The van der Waals surface area contributed by atoms with Gasteiger partial charge in [-0.25, -0.2) is 22.0 Å². The number of carbonyl (C=O) groups excluding carboxylic acids is 1. The van der Waals surface area contributed by atoms with E-state index >= 15 is 0 Å². The maximum atomic E-state index is 14.7. The number of aromatic nitrogens is 3. The van der Waals surface area contributed by atoms with Gasteiger partial charge in [-0.3, -0.25) is 9.78 Å². The standard InChI is InChI=1S/C35H33ClF2N4O3S/c1-34(44)18-29(19-34)42(46(2,45)30-11-6-26(38)7-12-30)28-8-3-23-15-32-22(21-40-41(32)27-9-4-25(37)5-10-27)17-35(23,20-28)33(43)31-16-24(36)13-14-39-31/h4-7,9-16,21,28-29,44H,2-3,8,17-20H2,1H3/t28-,29?,34?,35-,46?/m0/s1. The predicted octanol–water partition coefficient (Wildman–Crippen LogP) is 6.47. The Kier molecular flexibility index (Phi) is 7.55. The number of aliphatic hydroxyl groups is 1. The molecule has 3 aliphatic carbocycles. The van der Waals surface area contributed by atoms with Crippen LogP contribution in [-0.2, 0) is 16.1 Å². The van der Waals surface area contributed by atoms with Crippen LogP contribution in [0.15, 0.2) is 83.5 Å². The van der Waals surface area contributed by atoms with Gasteiger partial charge in [-0.1, -0.05) is 17.2 Å². The molecule has 11 heteroatoms. The van der Waals surface area contributed by atoms with Gasteiger partial charge in [0.25, 0.3) is 0 Å². The van der Waals surface area contributed by atoms with Gasteiger partial charge in [0, 0.05) is 28.2 Å². The highest BCUT2D eigenvalue weighted by molar-refractivity contribution is 7.98. The summed E-state index contributed by atoms with van der Waals surface area (Å²) < 4.78 is 46.0. The van der Waals surface area contributed by atoms with E-state index in [2.05, 4.69) is 16.0 Å². The van der Waals surface area contributed by atoms with E-state index in [1.807, 2.05) is 10.4 Å². The highest BCUT2D eigenvalue weighted by atomic mass is 35.5. The lowest BCUT2D eigenvalue weighted by atomic mass is 9.60. The first-order chi connectivity index (χ1) is 21.9. The van der Waals surface area contributed by atoms with Crippen LogP contribution in [0.5, 0.6) is 0 Å². The van der Waals surface area contributed by atoms with Crippen molar-refractivity contribution in [1.82, 2.24) is 19.1 Å². The Bertz CT molecular complexity index is 1970. The summed E-state index contributed by atoms with van der Waals surface area (Å²) in [7, 11) is -3.14. The minimum atomic E-state index is -3.14. The molecule has 2 saturated carbocycles. The third-order valence-corrected chi connectivity index (χ3v) is 12.2. The molecule has 2 fully saturated rings. The fourth-order valence-electron chi connectivity index (χ4n) is 7.55. The van der Waals surface area contributed by atoms with Crippen LogP contribution in [0.25, 0.3) is 11.8 Å². The smallest absolute Gasteiger partial charge is 0.191 e. The number of ketones is 1. The van der Waals surface area contributed by atoms with Crippen LogP contribution in [0.3, 0.4) is 0 Å². The van der Waals surface area contributed by atoms with E-state index < -0.39 is 26.5 Å². The molecule has 2 aromatic carbocycles. The second-order valence-corrected chi connectivity index (χ2v) is 15.6. The zero-order valence-corrected chi connectivity index (χ0v) is 26.8.